The standard InChI is InChI=1S/C15H13ClN2/c16-12-4-5-14-10(8-12)6-7-18-15(14)11-2-1-3-13(17)9-11/h1-5,8-9H,6-7,17H2. The number of fused-ring (bicyclic) bond motifs is 1. The van der Waals surface area contributed by atoms with E-state index in [2.05, 4.69) is 4.99 Å². The third-order valence-electron chi connectivity index (χ3n) is 3.13. The highest BCUT2D eigenvalue weighted by Crippen LogP contribution is 2.24. The zero-order valence-electron chi connectivity index (χ0n) is 9.86. The summed E-state index contributed by atoms with van der Waals surface area (Å²) < 4.78 is 0. The first-order valence-corrected chi connectivity index (χ1v) is 6.31. The summed E-state index contributed by atoms with van der Waals surface area (Å²) in [5, 5.41) is 0.780. The van der Waals surface area contributed by atoms with E-state index in [9.17, 15) is 0 Å². The van der Waals surface area contributed by atoms with E-state index in [1.54, 1.807) is 0 Å². The van der Waals surface area contributed by atoms with Gasteiger partial charge < -0.3 is 5.73 Å². The smallest absolute Gasteiger partial charge is 0.0722 e. The van der Waals surface area contributed by atoms with Crippen molar-refractivity contribution in [2.75, 3.05) is 12.3 Å². The molecule has 0 atom stereocenters. The maximum atomic E-state index is 6.04. The Labute approximate surface area is 111 Å². The number of nitrogen functional groups attached to an aromatic ring is 1. The monoisotopic (exact) mass is 256 g/mol. The zero-order chi connectivity index (χ0) is 12.5. The van der Waals surface area contributed by atoms with Crippen LogP contribution in [0.1, 0.15) is 16.7 Å². The van der Waals surface area contributed by atoms with E-state index in [0.29, 0.717) is 0 Å². The first-order chi connectivity index (χ1) is 8.74. The molecule has 2 nitrogen and oxygen atoms in total. The maximum absolute atomic E-state index is 6.04. The third-order valence-corrected chi connectivity index (χ3v) is 3.37. The minimum atomic E-state index is 0.760. The highest BCUT2D eigenvalue weighted by atomic mass is 35.5. The third kappa shape index (κ3) is 2.00. The van der Waals surface area contributed by atoms with E-state index in [1.165, 1.54) is 5.56 Å². The van der Waals surface area contributed by atoms with Crippen molar-refractivity contribution in [3.05, 3.63) is 64.2 Å². The van der Waals surface area contributed by atoms with Crippen LogP contribution in [0.3, 0.4) is 0 Å². The molecule has 0 aromatic heterocycles. The lowest BCUT2D eigenvalue weighted by Gasteiger charge is -2.17. The molecule has 0 unspecified atom stereocenters. The molecule has 1 aliphatic rings. The van der Waals surface area contributed by atoms with Crippen LogP contribution < -0.4 is 5.73 Å². The summed E-state index contributed by atoms with van der Waals surface area (Å²) in [6.45, 7) is 0.803. The molecular weight excluding hydrogens is 244 g/mol. The summed E-state index contributed by atoms with van der Waals surface area (Å²) in [5.74, 6) is 0. The van der Waals surface area contributed by atoms with E-state index in [-0.39, 0.29) is 0 Å². The molecule has 3 heteroatoms. The molecule has 0 radical (unpaired) electrons. The van der Waals surface area contributed by atoms with Crippen molar-refractivity contribution < 1.29 is 0 Å². The Balaban J connectivity index is 2.12. The molecule has 0 spiro atoms. The maximum Gasteiger partial charge on any atom is 0.0722 e. The van der Waals surface area contributed by atoms with Gasteiger partial charge in [-0.15, -0.1) is 0 Å². The van der Waals surface area contributed by atoms with Crippen LogP contribution in [0, 0.1) is 0 Å². The van der Waals surface area contributed by atoms with E-state index < -0.39 is 0 Å². The Morgan fingerprint density at radius 1 is 1.11 bits per heavy atom. The van der Waals surface area contributed by atoms with Crippen molar-refractivity contribution in [3.8, 4) is 0 Å². The van der Waals surface area contributed by atoms with Gasteiger partial charge in [-0.1, -0.05) is 29.8 Å². The van der Waals surface area contributed by atoms with Crippen molar-refractivity contribution in [2.24, 2.45) is 4.99 Å². The molecule has 0 amide bonds. The van der Waals surface area contributed by atoms with Crippen LogP contribution in [0.4, 0.5) is 5.69 Å². The Bertz CT molecular complexity index is 632. The summed E-state index contributed by atoms with van der Waals surface area (Å²) >= 11 is 6.04. The fraction of sp³-hybridized carbons (Fsp3) is 0.133. The Hall–Kier alpha value is -1.80. The number of aliphatic imine (C=N–C) groups is 1. The number of nitrogens with zero attached hydrogens (tertiary/aromatic N) is 1. The Kier molecular flexibility index (Phi) is 2.80. The highest BCUT2D eigenvalue weighted by Gasteiger charge is 2.15. The number of halogens is 1. The van der Waals surface area contributed by atoms with Gasteiger partial charge in [-0.3, -0.25) is 4.99 Å². The number of benzene rings is 2. The van der Waals surface area contributed by atoms with Crippen LogP contribution in [-0.4, -0.2) is 12.3 Å². The van der Waals surface area contributed by atoms with Gasteiger partial charge in [-0.2, -0.15) is 0 Å². The Morgan fingerprint density at radius 2 is 2.00 bits per heavy atom. The number of nitrogens with two attached hydrogens (primary N) is 1. The van der Waals surface area contributed by atoms with Gasteiger partial charge in [0.05, 0.1) is 5.71 Å². The molecule has 1 aliphatic heterocycles. The SMILES string of the molecule is Nc1cccc(C2=NCCc3cc(Cl)ccc32)c1. The second kappa shape index (κ2) is 4.46. The molecule has 3 rings (SSSR count). The van der Waals surface area contributed by atoms with E-state index in [4.69, 9.17) is 17.3 Å². The van der Waals surface area contributed by atoms with Gasteiger partial charge >= 0.3 is 0 Å². The Morgan fingerprint density at radius 3 is 2.83 bits per heavy atom. The largest absolute Gasteiger partial charge is 0.399 e. The highest BCUT2D eigenvalue weighted by molar-refractivity contribution is 6.31. The molecular formula is C15H13ClN2. The predicted molar refractivity (Wildman–Crippen MR) is 76.5 cm³/mol. The lowest BCUT2D eigenvalue weighted by Crippen LogP contribution is -2.14. The summed E-state index contributed by atoms with van der Waals surface area (Å²) in [7, 11) is 0. The van der Waals surface area contributed by atoms with E-state index in [0.717, 1.165) is 40.5 Å². The van der Waals surface area contributed by atoms with Gasteiger partial charge in [0, 0.05) is 28.4 Å². The number of anilines is 1. The van der Waals surface area contributed by atoms with E-state index in [1.807, 2.05) is 42.5 Å². The molecule has 0 fully saturated rings. The summed E-state index contributed by atoms with van der Waals surface area (Å²) in [5.41, 5.74) is 11.1. The van der Waals surface area contributed by atoms with Crippen LogP contribution >= 0.6 is 11.6 Å². The minimum absolute atomic E-state index is 0.760. The van der Waals surface area contributed by atoms with Gasteiger partial charge in [0.1, 0.15) is 0 Å². The second-order valence-electron chi connectivity index (χ2n) is 4.41. The molecule has 2 N–H and O–H groups in total. The molecule has 1 heterocycles. The number of rotatable bonds is 1. The normalized spacial score (nSPS) is 13.9. The fourth-order valence-corrected chi connectivity index (χ4v) is 2.50. The fourth-order valence-electron chi connectivity index (χ4n) is 2.31. The average molecular weight is 257 g/mol. The van der Waals surface area contributed by atoms with Crippen LogP contribution in [0.2, 0.25) is 5.02 Å². The van der Waals surface area contributed by atoms with Crippen molar-refractivity contribution in [2.45, 2.75) is 6.42 Å². The van der Waals surface area contributed by atoms with Crippen LogP contribution in [0.15, 0.2) is 47.5 Å². The zero-order valence-corrected chi connectivity index (χ0v) is 10.6. The van der Waals surface area contributed by atoms with Crippen LogP contribution in [0.25, 0.3) is 0 Å². The lowest BCUT2D eigenvalue weighted by atomic mass is 9.93. The van der Waals surface area contributed by atoms with Gasteiger partial charge in [0.2, 0.25) is 0 Å². The molecule has 0 saturated carbocycles. The number of hydrogen-bond acceptors (Lipinski definition) is 2. The van der Waals surface area contributed by atoms with Crippen molar-refractivity contribution in [1.82, 2.24) is 0 Å². The second-order valence-corrected chi connectivity index (χ2v) is 4.84. The molecule has 18 heavy (non-hydrogen) atoms. The van der Waals surface area contributed by atoms with Crippen molar-refractivity contribution >= 4 is 23.0 Å². The summed E-state index contributed by atoms with van der Waals surface area (Å²) in [6.07, 6.45) is 0.946. The van der Waals surface area contributed by atoms with Crippen molar-refractivity contribution in [1.29, 1.82) is 0 Å². The van der Waals surface area contributed by atoms with Gasteiger partial charge in [0.25, 0.3) is 0 Å². The first-order valence-electron chi connectivity index (χ1n) is 5.93. The number of hydrogen-bond donors (Lipinski definition) is 1. The molecule has 0 bridgehead atoms. The van der Waals surface area contributed by atoms with Gasteiger partial charge in [-0.05, 0) is 36.2 Å². The minimum Gasteiger partial charge on any atom is -0.399 e. The van der Waals surface area contributed by atoms with Crippen molar-refractivity contribution in [3.63, 3.8) is 0 Å². The quantitative estimate of drug-likeness (QED) is 0.781. The lowest BCUT2D eigenvalue weighted by molar-refractivity contribution is 0.944. The summed E-state index contributed by atoms with van der Waals surface area (Å²) in [4.78, 5) is 4.63. The van der Waals surface area contributed by atoms with Gasteiger partial charge in [-0.25, -0.2) is 0 Å². The molecule has 2 aromatic carbocycles. The molecule has 0 saturated heterocycles. The van der Waals surface area contributed by atoms with Crippen LogP contribution in [-0.2, 0) is 6.42 Å². The summed E-state index contributed by atoms with van der Waals surface area (Å²) in [6, 6.07) is 13.8. The average Bonchev–Trinajstić information content (AvgIpc) is 2.37. The van der Waals surface area contributed by atoms with Crippen LogP contribution in [0.5, 0.6) is 0 Å². The first kappa shape index (κ1) is 11.3. The molecule has 2 aromatic rings. The molecule has 0 aliphatic carbocycles. The topological polar surface area (TPSA) is 38.4 Å². The van der Waals surface area contributed by atoms with E-state index >= 15 is 0 Å². The molecule has 90 valence electrons. The van der Waals surface area contributed by atoms with Gasteiger partial charge in [0.15, 0.2) is 0 Å². The predicted octanol–water partition coefficient (Wildman–Crippen LogP) is 3.32.